The van der Waals surface area contributed by atoms with Gasteiger partial charge in [0, 0.05) is 12.3 Å². The van der Waals surface area contributed by atoms with Crippen LogP contribution in [-0.2, 0) is 24.9 Å². The molecule has 21 heavy (non-hydrogen) atoms. The van der Waals surface area contributed by atoms with Gasteiger partial charge in [-0.25, -0.2) is 13.2 Å². The van der Waals surface area contributed by atoms with Gasteiger partial charge >= 0.3 is 5.97 Å². The van der Waals surface area contributed by atoms with Crippen molar-refractivity contribution in [3.05, 3.63) is 29.8 Å². The molecule has 5 nitrogen and oxygen atoms in total. The third-order valence-electron chi connectivity index (χ3n) is 3.60. The number of rotatable bonds is 6. The normalized spacial score (nSPS) is 16.0. The van der Waals surface area contributed by atoms with Crippen molar-refractivity contribution in [2.45, 2.75) is 43.7 Å². The van der Waals surface area contributed by atoms with Crippen LogP contribution in [-0.4, -0.2) is 33.8 Å². The lowest BCUT2D eigenvalue weighted by molar-refractivity contribution is -0.148. The third-order valence-corrected chi connectivity index (χ3v) is 4.73. The first kappa shape index (κ1) is 17.7. The van der Waals surface area contributed by atoms with Crippen LogP contribution in [0.1, 0.15) is 32.8 Å². The Balaban J connectivity index is 3.24. The standard InChI is InChI=1S/C15H23NO4S/c1-6-11(2)16-15(3,14(17)20-4)12-7-9-13(10-8-12)21(5,18)19/h7-11,16H,6H2,1-5H3. The van der Waals surface area contributed by atoms with Gasteiger partial charge < -0.3 is 4.74 Å². The molecule has 2 atom stereocenters. The van der Waals surface area contributed by atoms with E-state index in [1.807, 2.05) is 13.8 Å². The maximum atomic E-state index is 12.2. The molecular formula is C15H23NO4S. The van der Waals surface area contributed by atoms with Gasteiger partial charge in [0.25, 0.3) is 0 Å². The van der Waals surface area contributed by atoms with Crippen molar-refractivity contribution in [3.8, 4) is 0 Å². The number of ether oxygens (including phenoxy) is 1. The first-order valence-corrected chi connectivity index (χ1v) is 8.71. The van der Waals surface area contributed by atoms with Crippen molar-refractivity contribution in [1.29, 1.82) is 0 Å². The molecule has 0 saturated heterocycles. The summed E-state index contributed by atoms with van der Waals surface area (Å²) in [4.78, 5) is 12.4. The van der Waals surface area contributed by atoms with E-state index in [0.29, 0.717) is 5.56 Å². The van der Waals surface area contributed by atoms with E-state index in [2.05, 4.69) is 5.32 Å². The highest BCUT2D eigenvalue weighted by Crippen LogP contribution is 2.25. The molecule has 0 aliphatic carbocycles. The van der Waals surface area contributed by atoms with Gasteiger partial charge in [-0.3, -0.25) is 5.32 Å². The Morgan fingerprint density at radius 3 is 2.24 bits per heavy atom. The van der Waals surface area contributed by atoms with E-state index in [-0.39, 0.29) is 10.9 Å². The second kappa shape index (κ2) is 6.58. The van der Waals surface area contributed by atoms with Crippen LogP contribution in [0, 0.1) is 0 Å². The molecule has 1 aromatic carbocycles. The summed E-state index contributed by atoms with van der Waals surface area (Å²) in [5, 5.41) is 3.24. The average Bonchev–Trinajstić information content (AvgIpc) is 2.45. The average molecular weight is 313 g/mol. The van der Waals surface area contributed by atoms with E-state index in [1.54, 1.807) is 19.1 Å². The maximum absolute atomic E-state index is 12.2. The molecule has 0 heterocycles. The van der Waals surface area contributed by atoms with Crippen molar-refractivity contribution < 1.29 is 17.9 Å². The molecule has 2 unspecified atom stereocenters. The van der Waals surface area contributed by atoms with Gasteiger partial charge in [0.2, 0.25) is 0 Å². The predicted octanol–water partition coefficient (Wildman–Crippen LogP) is 1.87. The van der Waals surface area contributed by atoms with E-state index in [4.69, 9.17) is 4.74 Å². The van der Waals surface area contributed by atoms with Crippen molar-refractivity contribution >= 4 is 15.8 Å². The fourth-order valence-corrected chi connectivity index (χ4v) is 2.73. The SMILES string of the molecule is CCC(C)NC(C)(C(=O)OC)c1ccc(S(C)(=O)=O)cc1. The molecule has 118 valence electrons. The first-order chi connectivity index (χ1) is 9.65. The maximum Gasteiger partial charge on any atom is 0.330 e. The van der Waals surface area contributed by atoms with E-state index in [1.165, 1.54) is 19.2 Å². The number of nitrogens with one attached hydrogen (secondary N) is 1. The summed E-state index contributed by atoms with van der Waals surface area (Å²) in [6.07, 6.45) is 2.01. The molecule has 1 aromatic rings. The Morgan fingerprint density at radius 1 is 1.33 bits per heavy atom. The van der Waals surface area contributed by atoms with Crippen molar-refractivity contribution in [1.82, 2.24) is 5.32 Å². The topological polar surface area (TPSA) is 72.5 Å². The summed E-state index contributed by atoms with van der Waals surface area (Å²) in [5.41, 5.74) is -0.345. The number of benzene rings is 1. The van der Waals surface area contributed by atoms with Crippen molar-refractivity contribution in [2.24, 2.45) is 0 Å². The number of carbonyl (C=O) groups excluding carboxylic acids is 1. The zero-order chi connectivity index (χ0) is 16.3. The van der Waals surface area contributed by atoms with Crippen LogP contribution in [0.2, 0.25) is 0 Å². The lowest BCUT2D eigenvalue weighted by Gasteiger charge is -2.31. The lowest BCUT2D eigenvalue weighted by atomic mass is 9.91. The molecule has 0 amide bonds. The third kappa shape index (κ3) is 4.04. The quantitative estimate of drug-likeness (QED) is 0.812. The highest BCUT2D eigenvalue weighted by atomic mass is 32.2. The summed E-state index contributed by atoms with van der Waals surface area (Å²) in [6, 6.07) is 6.41. The van der Waals surface area contributed by atoms with Crippen LogP contribution < -0.4 is 5.32 Å². The monoisotopic (exact) mass is 313 g/mol. The van der Waals surface area contributed by atoms with Crippen LogP contribution in [0.4, 0.5) is 0 Å². The van der Waals surface area contributed by atoms with Gasteiger partial charge in [-0.05, 0) is 38.0 Å². The summed E-state index contributed by atoms with van der Waals surface area (Å²) in [5.74, 6) is -0.407. The highest BCUT2D eigenvalue weighted by Gasteiger charge is 2.37. The number of carbonyl (C=O) groups is 1. The molecule has 6 heteroatoms. The summed E-state index contributed by atoms with van der Waals surface area (Å²) < 4.78 is 27.9. The molecule has 1 N–H and O–H groups in total. The van der Waals surface area contributed by atoms with Crippen LogP contribution in [0.15, 0.2) is 29.2 Å². The second-order valence-corrected chi connectivity index (χ2v) is 7.38. The zero-order valence-corrected chi connectivity index (χ0v) is 14.0. The van der Waals surface area contributed by atoms with Gasteiger partial charge in [-0.1, -0.05) is 19.1 Å². The zero-order valence-electron chi connectivity index (χ0n) is 13.1. The van der Waals surface area contributed by atoms with Crippen LogP contribution in [0.25, 0.3) is 0 Å². The molecule has 0 aromatic heterocycles. The second-order valence-electron chi connectivity index (χ2n) is 5.37. The molecule has 0 saturated carbocycles. The molecule has 0 aliphatic heterocycles. The van der Waals surface area contributed by atoms with E-state index in [0.717, 1.165) is 12.7 Å². The highest BCUT2D eigenvalue weighted by molar-refractivity contribution is 7.90. The summed E-state index contributed by atoms with van der Waals surface area (Å²) in [7, 11) is -1.92. The molecule has 0 radical (unpaired) electrons. The summed E-state index contributed by atoms with van der Waals surface area (Å²) in [6.45, 7) is 5.73. The largest absolute Gasteiger partial charge is 0.467 e. The van der Waals surface area contributed by atoms with Crippen molar-refractivity contribution in [2.75, 3.05) is 13.4 Å². The number of esters is 1. The molecule has 0 bridgehead atoms. The minimum atomic E-state index is -3.26. The predicted molar refractivity (Wildman–Crippen MR) is 81.8 cm³/mol. The molecule has 1 rings (SSSR count). The summed E-state index contributed by atoms with van der Waals surface area (Å²) >= 11 is 0. The van der Waals surface area contributed by atoms with Gasteiger partial charge in [0.1, 0.15) is 5.54 Å². The van der Waals surface area contributed by atoms with Gasteiger partial charge in [-0.2, -0.15) is 0 Å². The van der Waals surface area contributed by atoms with Crippen LogP contribution >= 0.6 is 0 Å². The first-order valence-electron chi connectivity index (χ1n) is 6.81. The Hall–Kier alpha value is -1.40. The Kier molecular flexibility index (Phi) is 5.53. The Bertz CT molecular complexity index is 595. The lowest BCUT2D eigenvalue weighted by Crippen LogP contribution is -2.51. The minimum absolute atomic E-state index is 0.115. The fourth-order valence-electron chi connectivity index (χ4n) is 2.09. The minimum Gasteiger partial charge on any atom is -0.467 e. The van der Waals surface area contributed by atoms with Crippen LogP contribution in [0.5, 0.6) is 0 Å². The number of methoxy groups -OCH3 is 1. The smallest absolute Gasteiger partial charge is 0.330 e. The van der Waals surface area contributed by atoms with E-state index < -0.39 is 21.3 Å². The van der Waals surface area contributed by atoms with Crippen LogP contribution in [0.3, 0.4) is 0 Å². The Labute approximate surface area is 126 Å². The van der Waals surface area contributed by atoms with Crippen molar-refractivity contribution in [3.63, 3.8) is 0 Å². The number of sulfone groups is 1. The number of hydrogen-bond donors (Lipinski definition) is 1. The van der Waals surface area contributed by atoms with Gasteiger partial charge in [0.05, 0.1) is 12.0 Å². The van der Waals surface area contributed by atoms with E-state index >= 15 is 0 Å². The molecule has 0 spiro atoms. The number of hydrogen-bond acceptors (Lipinski definition) is 5. The van der Waals surface area contributed by atoms with Gasteiger partial charge in [0.15, 0.2) is 9.84 Å². The fraction of sp³-hybridized carbons (Fsp3) is 0.533. The molecule has 0 fully saturated rings. The Morgan fingerprint density at radius 2 is 1.86 bits per heavy atom. The van der Waals surface area contributed by atoms with Gasteiger partial charge in [-0.15, -0.1) is 0 Å². The van der Waals surface area contributed by atoms with E-state index in [9.17, 15) is 13.2 Å². The molecule has 0 aliphatic rings. The molecular weight excluding hydrogens is 290 g/mol.